The van der Waals surface area contributed by atoms with E-state index in [1.165, 1.54) is 43.5 Å². The Morgan fingerprint density at radius 1 is 1.14 bits per heavy atom. The van der Waals surface area contributed by atoms with E-state index in [9.17, 15) is 9.18 Å². The molecule has 8 heteroatoms. The molecule has 0 unspecified atom stereocenters. The smallest absolute Gasteiger partial charge is 0.237 e. The van der Waals surface area contributed by atoms with Crippen LogP contribution in [0, 0.1) is 23.6 Å². The van der Waals surface area contributed by atoms with E-state index >= 15 is 0 Å². The monoisotopic (exact) mass is 494 g/mol. The van der Waals surface area contributed by atoms with Crippen LogP contribution in [0.3, 0.4) is 0 Å². The second-order valence-electron chi connectivity index (χ2n) is 9.64. The topological polar surface area (TPSA) is 60.2 Å². The van der Waals surface area contributed by atoms with Crippen molar-refractivity contribution in [2.45, 2.75) is 50.4 Å². The molecule has 2 bridgehead atoms. The number of para-hydroxylation sites is 2. The van der Waals surface area contributed by atoms with E-state index in [1.807, 2.05) is 30.3 Å². The molecule has 2 fully saturated rings. The van der Waals surface area contributed by atoms with Crippen molar-refractivity contribution >= 4 is 23.4 Å². The van der Waals surface area contributed by atoms with Crippen molar-refractivity contribution in [3.63, 3.8) is 0 Å². The number of hydrogen-bond acceptors (Lipinski definition) is 5. The zero-order valence-electron chi connectivity index (χ0n) is 20.1. The Kier molecular flexibility index (Phi) is 7.09. The van der Waals surface area contributed by atoms with Crippen LogP contribution in [0.15, 0.2) is 59.8 Å². The average molecular weight is 495 g/mol. The van der Waals surface area contributed by atoms with Gasteiger partial charge in [0.2, 0.25) is 5.91 Å². The molecule has 0 N–H and O–H groups in total. The summed E-state index contributed by atoms with van der Waals surface area (Å²) in [5, 5.41) is 9.57. The number of benzene rings is 2. The van der Waals surface area contributed by atoms with Gasteiger partial charge in [0, 0.05) is 18.8 Å². The highest BCUT2D eigenvalue weighted by atomic mass is 32.2. The van der Waals surface area contributed by atoms with Gasteiger partial charge in [0.1, 0.15) is 6.61 Å². The van der Waals surface area contributed by atoms with Crippen LogP contribution in [0.4, 0.5) is 10.1 Å². The molecular formula is C27H31FN4O2S. The molecule has 3 aromatic rings. The summed E-state index contributed by atoms with van der Waals surface area (Å²) in [4.78, 5) is 14.6. The number of nitrogens with zero attached hydrogens (tertiary/aromatic N) is 4. The molecule has 0 saturated heterocycles. The van der Waals surface area contributed by atoms with Crippen LogP contribution in [0.1, 0.15) is 44.5 Å². The fourth-order valence-corrected chi connectivity index (χ4v) is 6.67. The maximum absolute atomic E-state index is 14.1. The first-order chi connectivity index (χ1) is 17.0. The summed E-state index contributed by atoms with van der Waals surface area (Å²) in [7, 11) is 1.79. The van der Waals surface area contributed by atoms with Gasteiger partial charge in [0.25, 0.3) is 0 Å². The molecule has 1 amide bonds. The summed E-state index contributed by atoms with van der Waals surface area (Å²) >= 11 is 1.40. The van der Waals surface area contributed by atoms with Crippen LogP contribution in [0.2, 0.25) is 0 Å². The third-order valence-corrected chi connectivity index (χ3v) is 8.52. The van der Waals surface area contributed by atoms with Gasteiger partial charge in [-0.1, -0.05) is 48.5 Å². The van der Waals surface area contributed by atoms with Crippen molar-refractivity contribution in [2.75, 3.05) is 17.7 Å². The normalized spacial score (nSPS) is 21.7. The molecule has 0 spiro atoms. The van der Waals surface area contributed by atoms with Gasteiger partial charge < -0.3 is 9.64 Å². The molecule has 2 saturated carbocycles. The molecule has 4 atom stereocenters. The van der Waals surface area contributed by atoms with Crippen molar-refractivity contribution in [3.8, 4) is 5.75 Å². The van der Waals surface area contributed by atoms with E-state index in [-0.39, 0.29) is 30.1 Å². The predicted octanol–water partition coefficient (Wildman–Crippen LogP) is 5.75. The fourth-order valence-electron chi connectivity index (χ4n) is 5.71. The summed E-state index contributed by atoms with van der Waals surface area (Å²) in [6, 6.07) is 16.2. The Morgan fingerprint density at radius 2 is 1.91 bits per heavy atom. The predicted molar refractivity (Wildman–Crippen MR) is 135 cm³/mol. The van der Waals surface area contributed by atoms with Crippen LogP contribution >= 0.6 is 11.8 Å². The van der Waals surface area contributed by atoms with E-state index in [0.29, 0.717) is 16.9 Å². The number of hydrogen-bond donors (Lipinski definition) is 0. The van der Waals surface area contributed by atoms with Crippen molar-refractivity contribution in [1.82, 2.24) is 14.8 Å². The Labute approximate surface area is 209 Å². The van der Waals surface area contributed by atoms with Gasteiger partial charge in [-0.2, -0.15) is 0 Å². The minimum absolute atomic E-state index is 0.00696. The minimum Gasteiger partial charge on any atom is -0.483 e. The van der Waals surface area contributed by atoms with Crippen LogP contribution in [0.5, 0.6) is 5.75 Å². The van der Waals surface area contributed by atoms with Crippen molar-refractivity contribution < 1.29 is 13.9 Å². The van der Waals surface area contributed by atoms with Crippen LogP contribution in [0.25, 0.3) is 0 Å². The SMILES string of the molecule is C[C@@H]([C@@H]1C[C@H]2CC[C@H]1C2)n1c(COc2ccccc2F)nnc1SCC(=O)N(C)c1ccccc1. The summed E-state index contributed by atoms with van der Waals surface area (Å²) in [6.45, 7) is 2.35. The summed E-state index contributed by atoms with van der Waals surface area (Å²) in [6.07, 6.45) is 5.14. The minimum atomic E-state index is -0.399. The average Bonchev–Trinajstić information content (AvgIpc) is 3.62. The molecule has 6 nitrogen and oxygen atoms in total. The molecule has 0 radical (unpaired) electrons. The van der Waals surface area contributed by atoms with Crippen LogP contribution in [-0.2, 0) is 11.4 Å². The fraction of sp³-hybridized carbons (Fsp3) is 0.444. The summed E-state index contributed by atoms with van der Waals surface area (Å²) in [5.41, 5.74) is 0.855. The molecule has 1 aromatic heterocycles. The molecule has 0 aliphatic heterocycles. The Bertz CT molecular complexity index is 1170. The first-order valence-electron chi connectivity index (χ1n) is 12.3. The van der Waals surface area contributed by atoms with Crippen molar-refractivity contribution in [3.05, 3.63) is 66.2 Å². The first kappa shape index (κ1) is 23.9. The van der Waals surface area contributed by atoms with Crippen molar-refractivity contribution in [1.29, 1.82) is 0 Å². The lowest BCUT2D eigenvalue weighted by atomic mass is 9.84. The number of aromatic nitrogens is 3. The number of amides is 1. The van der Waals surface area contributed by atoms with Gasteiger partial charge in [-0.05, 0) is 68.2 Å². The number of carbonyl (C=O) groups excluding carboxylic acids is 1. The van der Waals surface area contributed by atoms with E-state index < -0.39 is 5.82 Å². The number of anilines is 1. The van der Waals surface area contributed by atoms with E-state index in [4.69, 9.17) is 4.74 Å². The number of halogens is 1. The standard InChI is InChI=1S/C27H31FN4O2S/c1-18(22-15-19-12-13-20(22)14-19)32-25(16-34-24-11-7-6-10-23(24)28)29-30-27(32)35-17-26(33)31(2)21-8-4-3-5-9-21/h3-11,18-20,22H,12-17H2,1-2H3/t18-,19-,20-,22-/m0/s1. The third kappa shape index (κ3) is 5.08. The lowest BCUT2D eigenvalue weighted by molar-refractivity contribution is -0.115. The number of thioether (sulfide) groups is 1. The Balaban J connectivity index is 1.34. The Hall–Kier alpha value is -2.87. The Morgan fingerprint density at radius 3 is 2.63 bits per heavy atom. The summed E-state index contributed by atoms with van der Waals surface area (Å²) in [5.74, 6) is 2.80. The molecule has 184 valence electrons. The number of rotatable bonds is 9. The highest BCUT2D eigenvalue weighted by Gasteiger charge is 2.43. The lowest BCUT2D eigenvalue weighted by Gasteiger charge is -2.30. The van der Waals surface area contributed by atoms with Crippen LogP contribution < -0.4 is 9.64 Å². The largest absolute Gasteiger partial charge is 0.483 e. The number of ether oxygens (including phenoxy) is 1. The molecule has 35 heavy (non-hydrogen) atoms. The molecule has 1 heterocycles. The second-order valence-corrected chi connectivity index (χ2v) is 10.6. The maximum Gasteiger partial charge on any atom is 0.237 e. The molecule has 2 aromatic carbocycles. The zero-order valence-corrected chi connectivity index (χ0v) is 21.0. The lowest BCUT2D eigenvalue weighted by Crippen LogP contribution is -2.28. The molecular weight excluding hydrogens is 463 g/mol. The maximum atomic E-state index is 14.1. The van der Waals surface area contributed by atoms with Gasteiger partial charge in [0.15, 0.2) is 22.5 Å². The highest BCUT2D eigenvalue weighted by Crippen LogP contribution is 2.52. The number of carbonyl (C=O) groups is 1. The van der Waals surface area contributed by atoms with Gasteiger partial charge >= 0.3 is 0 Å². The molecule has 5 rings (SSSR count). The van der Waals surface area contributed by atoms with Gasteiger partial charge in [-0.25, -0.2) is 4.39 Å². The molecule has 2 aliphatic rings. The van der Waals surface area contributed by atoms with Gasteiger partial charge in [-0.3, -0.25) is 9.36 Å². The zero-order chi connectivity index (χ0) is 24.4. The summed E-state index contributed by atoms with van der Waals surface area (Å²) < 4.78 is 22.0. The van der Waals surface area contributed by atoms with Crippen molar-refractivity contribution in [2.24, 2.45) is 17.8 Å². The van der Waals surface area contributed by atoms with Gasteiger partial charge in [0.05, 0.1) is 5.75 Å². The van der Waals surface area contributed by atoms with Gasteiger partial charge in [-0.15, -0.1) is 10.2 Å². The first-order valence-corrected chi connectivity index (χ1v) is 13.3. The van der Waals surface area contributed by atoms with E-state index in [1.54, 1.807) is 30.1 Å². The van der Waals surface area contributed by atoms with E-state index in [0.717, 1.165) is 17.5 Å². The number of fused-ring (bicyclic) bond motifs is 2. The highest BCUT2D eigenvalue weighted by molar-refractivity contribution is 7.99. The second kappa shape index (κ2) is 10.4. The third-order valence-electron chi connectivity index (χ3n) is 7.59. The van der Waals surface area contributed by atoms with Crippen LogP contribution in [-0.4, -0.2) is 33.5 Å². The molecule has 2 aliphatic carbocycles. The quantitative estimate of drug-likeness (QED) is 0.355. The van der Waals surface area contributed by atoms with E-state index in [2.05, 4.69) is 21.7 Å².